The van der Waals surface area contributed by atoms with Gasteiger partial charge < -0.3 is 20.4 Å². The molecule has 20 heavy (non-hydrogen) atoms. The SMILES string of the molecule is CC(C)C[C@H](NC(=O)N(C)CC1(O)CCCC1)C(=O)O. The molecule has 0 aromatic heterocycles. The first-order valence-electron chi connectivity index (χ1n) is 7.20. The molecule has 1 fully saturated rings. The summed E-state index contributed by atoms with van der Waals surface area (Å²) in [6.45, 7) is 4.06. The van der Waals surface area contributed by atoms with Gasteiger partial charge in [0, 0.05) is 7.05 Å². The Bertz CT molecular complexity index is 351. The summed E-state index contributed by atoms with van der Waals surface area (Å²) in [5.41, 5.74) is -0.817. The van der Waals surface area contributed by atoms with Crippen molar-refractivity contribution < 1.29 is 19.8 Å². The van der Waals surface area contributed by atoms with Crippen LogP contribution in [0.3, 0.4) is 0 Å². The molecule has 3 N–H and O–H groups in total. The fraction of sp³-hybridized carbons (Fsp3) is 0.857. The Morgan fingerprint density at radius 1 is 1.30 bits per heavy atom. The van der Waals surface area contributed by atoms with E-state index in [0.717, 1.165) is 12.8 Å². The van der Waals surface area contributed by atoms with Crippen molar-refractivity contribution in [3.8, 4) is 0 Å². The van der Waals surface area contributed by atoms with Gasteiger partial charge in [-0.2, -0.15) is 0 Å². The topological polar surface area (TPSA) is 89.9 Å². The van der Waals surface area contributed by atoms with E-state index in [0.29, 0.717) is 19.3 Å². The fourth-order valence-corrected chi connectivity index (χ4v) is 2.66. The van der Waals surface area contributed by atoms with Crippen LogP contribution in [0.1, 0.15) is 46.0 Å². The van der Waals surface area contributed by atoms with Gasteiger partial charge in [-0.3, -0.25) is 0 Å². The number of amides is 2. The van der Waals surface area contributed by atoms with E-state index in [9.17, 15) is 14.7 Å². The summed E-state index contributed by atoms with van der Waals surface area (Å²) in [5, 5.41) is 21.9. The van der Waals surface area contributed by atoms with Gasteiger partial charge in [0.2, 0.25) is 0 Å². The highest BCUT2D eigenvalue weighted by Crippen LogP contribution is 2.29. The van der Waals surface area contributed by atoms with E-state index in [1.54, 1.807) is 7.05 Å². The van der Waals surface area contributed by atoms with Crippen LogP contribution in [0.5, 0.6) is 0 Å². The third kappa shape index (κ3) is 5.00. The normalized spacial score (nSPS) is 18.9. The Labute approximate surface area is 120 Å². The molecule has 2 amide bonds. The summed E-state index contributed by atoms with van der Waals surface area (Å²) in [5.74, 6) is -0.847. The highest BCUT2D eigenvalue weighted by Gasteiger charge is 2.34. The molecule has 1 rings (SSSR count). The molecule has 1 saturated carbocycles. The van der Waals surface area contributed by atoms with Crippen molar-refractivity contribution in [3.05, 3.63) is 0 Å². The molecule has 0 aliphatic heterocycles. The standard InChI is InChI=1S/C14H26N2O4/c1-10(2)8-11(12(17)18)15-13(19)16(3)9-14(20)6-4-5-7-14/h10-11,20H,4-9H2,1-3H3,(H,15,19)(H,17,18)/t11-/m0/s1. The molecule has 0 aromatic rings. The van der Waals surface area contributed by atoms with Crippen LogP contribution in [0.4, 0.5) is 4.79 Å². The summed E-state index contributed by atoms with van der Waals surface area (Å²) in [6.07, 6.45) is 3.71. The van der Waals surface area contributed by atoms with E-state index in [1.807, 2.05) is 13.8 Å². The van der Waals surface area contributed by atoms with E-state index in [4.69, 9.17) is 5.11 Å². The summed E-state index contributed by atoms with van der Waals surface area (Å²) in [6, 6.07) is -1.33. The molecule has 0 bridgehead atoms. The predicted molar refractivity (Wildman–Crippen MR) is 75.5 cm³/mol. The predicted octanol–water partition coefficient (Wildman–Crippen LogP) is 1.43. The first kappa shape index (κ1) is 16.8. The molecule has 6 nitrogen and oxygen atoms in total. The van der Waals surface area contributed by atoms with Crippen LogP contribution < -0.4 is 5.32 Å². The molecule has 0 unspecified atom stereocenters. The van der Waals surface area contributed by atoms with Crippen molar-refractivity contribution >= 4 is 12.0 Å². The number of likely N-dealkylation sites (N-methyl/N-ethyl adjacent to an activating group) is 1. The average Bonchev–Trinajstić information content (AvgIpc) is 2.73. The highest BCUT2D eigenvalue weighted by molar-refractivity contribution is 5.82. The van der Waals surface area contributed by atoms with Crippen molar-refractivity contribution in [2.75, 3.05) is 13.6 Å². The van der Waals surface area contributed by atoms with Crippen LogP contribution in [0.2, 0.25) is 0 Å². The molecule has 1 aliphatic rings. The smallest absolute Gasteiger partial charge is 0.326 e. The lowest BCUT2D eigenvalue weighted by Crippen LogP contribution is -2.51. The van der Waals surface area contributed by atoms with Crippen molar-refractivity contribution in [1.82, 2.24) is 10.2 Å². The molecule has 0 heterocycles. The number of nitrogens with one attached hydrogen (secondary N) is 1. The Morgan fingerprint density at radius 3 is 2.30 bits per heavy atom. The molecule has 116 valence electrons. The molecule has 0 saturated heterocycles. The maximum absolute atomic E-state index is 12.0. The van der Waals surface area contributed by atoms with E-state index in [1.165, 1.54) is 4.90 Å². The second kappa shape index (κ2) is 6.92. The van der Waals surface area contributed by atoms with E-state index >= 15 is 0 Å². The first-order valence-corrected chi connectivity index (χ1v) is 7.20. The lowest BCUT2D eigenvalue weighted by Gasteiger charge is -2.29. The maximum atomic E-state index is 12.0. The zero-order valence-corrected chi connectivity index (χ0v) is 12.6. The van der Waals surface area contributed by atoms with Crippen molar-refractivity contribution in [2.24, 2.45) is 5.92 Å². The van der Waals surface area contributed by atoms with Gasteiger partial charge >= 0.3 is 12.0 Å². The minimum absolute atomic E-state index is 0.181. The largest absolute Gasteiger partial charge is 0.480 e. The molecule has 1 atom stereocenters. The van der Waals surface area contributed by atoms with Crippen LogP contribution in [0, 0.1) is 5.92 Å². The maximum Gasteiger partial charge on any atom is 0.326 e. The van der Waals surface area contributed by atoms with Crippen molar-refractivity contribution in [3.63, 3.8) is 0 Å². The van der Waals surface area contributed by atoms with Gasteiger partial charge in [-0.1, -0.05) is 26.7 Å². The number of carboxylic acid groups (broad SMARTS) is 1. The second-order valence-electron chi connectivity index (χ2n) is 6.26. The zero-order chi connectivity index (χ0) is 15.3. The minimum atomic E-state index is -1.03. The first-order chi connectivity index (χ1) is 9.23. The van der Waals surface area contributed by atoms with Crippen LogP contribution in [-0.2, 0) is 4.79 Å². The van der Waals surface area contributed by atoms with Crippen molar-refractivity contribution in [2.45, 2.75) is 57.6 Å². The number of rotatable bonds is 6. The molecule has 1 aliphatic carbocycles. The van der Waals surface area contributed by atoms with Crippen LogP contribution in [0.15, 0.2) is 0 Å². The molecule has 6 heteroatoms. The molecular weight excluding hydrogens is 260 g/mol. The number of aliphatic carboxylic acids is 1. The van der Waals surface area contributed by atoms with Crippen molar-refractivity contribution in [1.29, 1.82) is 0 Å². The van der Waals surface area contributed by atoms with Crippen LogP contribution >= 0.6 is 0 Å². The van der Waals surface area contributed by atoms with Gasteiger partial charge in [0.15, 0.2) is 0 Å². The second-order valence-corrected chi connectivity index (χ2v) is 6.26. The molecular formula is C14H26N2O4. The Balaban J connectivity index is 2.52. The highest BCUT2D eigenvalue weighted by atomic mass is 16.4. The zero-order valence-electron chi connectivity index (χ0n) is 12.6. The van der Waals surface area contributed by atoms with Gasteiger partial charge in [0.1, 0.15) is 6.04 Å². The Hall–Kier alpha value is -1.30. The minimum Gasteiger partial charge on any atom is -0.480 e. The molecule has 0 spiro atoms. The number of hydrogen-bond donors (Lipinski definition) is 3. The summed E-state index contributed by atoms with van der Waals surface area (Å²) >= 11 is 0. The van der Waals surface area contributed by atoms with E-state index in [2.05, 4.69) is 5.32 Å². The van der Waals surface area contributed by atoms with Gasteiger partial charge in [-0.15, -0.1) is 0 Å². The van der Waals surface area contributed by atoms with Crippen LogP contribution in [-0.4, -0.2) is 52.3 Å². The summed E-state index contributed by atoms with van der Waals surface area (Å²) < 4.78 is 0. The third-order valence-electron chi connectivity index (χ3n) is 3.72. The lowest BCUT2D eigenvalue weighted by atomic mass is 10.0. The summed E-state index contributed by atoms with van der Waals surface area (Å²) in [4.78, 5) is 24.5. The van der Waals surface area contributed by atoms with E-state index < -0.39 is 23.6 Å². The Kier molecular flexibility index (Phi) is 5.80. The lowest BCUT2D eigenvalue weighted by molar-refractivity contribution is -0.139. The number of carbonyl (C=O) groups excluding carboxylic acids is 1. The number of hydrogen-bond acceptors (Lipinski definition) is 3. The number of urea groups is 1. The van der Waals surface area contributed by atoms with Gasteiger partial charge in [-0.25, -0.2) is 9.59 Å². The average molecular weight is 286 g/mol. The third-order valence-corrected chi connectivity index (χ3v) is 3.72. The van der Waals surface area contributed by atoms with E-state index in [-0.39, 0.29) is 12.5 Å². The number of nitrogens with zero attached hydrogens (tertiary/aromatic N) is 1. The quantitative estimate of drug-likeness (QED) is 0.689. The monoisotopic (exact) mass is 286 g/mol. The summed E-state index contributed by atoms with van der Waals surface area (Å²) in [7, 11) is 1.58. The van der Waals surface area contributed by atoms with Crippen LogP contribution in [0.25, 0.3) is 0 Å². The molecule has 0 aromatic carbocycles. The van der Waals surface area contributed by atoms with Gasteiger partial charge in [0.05, 0.1) is 12.1 Å². The Morgan fingerprint density at radius 2 is 1.85 bits per heavy atom. The molecule has 0 radical (unpaired) electrons. The number of carbonyl (C=O) groups is 2. The fourth-order valence-electron chi connectivity index (χ4n) is 2.66. The number of carboxylic acids is 1. The van der Waals surface area contributed by atoms with Gasteiger partial charge in [-0.05, 0) is 25.2 Å². The number of aliphatic hydroxyl groups is 1. The van der Waals surface area contributed by atoms with Gasteiger partial charge in [0.25, 0.3) is 0 Å².